The quantitative estimate of drug-likeness (QED) is 0.482. The maximum atomic E-state index is 11.4. The molecule has 0 spiro atoms. The van der Waals surface area contributed by atoms with Gasteiger partial charge in [0.05, 0.1) is 7.11 Å². The summed E-state index contributed by atoms with van der Waals surface area (Å²) in [5, 5.41) is 0.743. The minimum absolute atomic E-state index is 0.232. The lowest BCUT2D eigenvalue weighted by molar-refractivity contribution is -0.199. The van der Waals surface area contributed by atoms with Crippen LogP contribution in [0.5, 0.6) is 5.75 Å². The third-order valence-electron chi connectivity index (χ3n) is 4.45. The summed E-state index contributed by atoms with van der Waals surface area (Å²) >= 11 is 0. The van der Waals surface area contributed by atoms with Gasteiger partial charge in [0.2, 0.25) is 6.29 Å². The average Bonchev–Trinajstić information content (AvgIpc) is 3.15. The number of rotatable bonds is 3. The molecule has 4 rings (SSSR count). The predicted octanol–water partition coefficient (Wildman–Crippen LogP) is 1.92. The van der Waals surface area contributed by atoms with E-state index in [1.807, 2.05) is 13.0 Å². The molecule has 2 saturated heterocycles. The fraction of sp³-hybridized carbons (Fsp3) is 0.412. The van der Waals surface area contributed by atoms with Gasteiger partial charge in [0.15, 0.2) is 5.60 Å². The Bertz CT molecular complexity index is 886. The minimum Gasteiger partial charge on any atom is -0.496 e. The maximum absolute atomic E-state index is 11.4. The van der Waals surface area contributed by atoms with Crippen LogP contribution in [0.4, 0.5) is 0 Å². The molecule has 1 aromatic carbocycles. The molecule has 24 heavy (non-hydrogen) atoms. The number of carbonyl (C=O) groups excluding carboxylic acids is 1. The zero-order valence-corrected chi connectivity index (χ0v) is 13.4. The van der Waals surface area contributed by atoms with Crippen LogP contribution in [0.15, 0.2) is 33.5 Å². The summed E-state index contributed by atoms with van der Waals surface area (Å²) in [6.07, 6.45) is -1.44. The molecular weight excluding hydrogens is 316 g/mol. The van der Waals surface area contributed by atoms with Crippen LogP contribution >= 0.6 is 0 Å². The first kappa shape index (κ1) is 15.2. The summed E-state index contributed by atoms with van der Waals surface area (Å²) in [5.74, 6) is 0.0894. The molecule has 0 bridgehead atoms. The Morgan fingerprint density at radius 2 is 2.08 bits per heavy atom. The van der Waals surface area contributed by atoms with E-state index in [1.165, 1.54) is 20.1 Å². The minimum atomic E-state index is -0.765. The summed E-state index contributed by atoms with van der Waals surface area (Å²) in [6.45, 7) is 3.17. The van der Waals surface area contributed by atoms with Crippen molar-refractivity contribution in [3.05, 3.63) is 40.2 Å². The van der Waals surface area contributed by atoms with E-state index in [9.17, 15) is 9.59 Å². The summed E-state index contributed by atoms with van der Waals surface area (Å²) in [4.78, 5) is 22.6. The molecule has 0 amide bonds. The normalized spacial score (nSPS) is 30.9. The Morgan fingerprint density at radius 3 is 2.79 bits per heavy atom. The van der Waals surface area contributed by atoms with Crippen molar-refractivity contribution in [2.24, 2.45) is 0 Å². The zero-order chi connectivity index (χ0) is 17.1. The Hall–Kier alpha value is -2.38. The smallest absolute Gasteiger partial charge is 0.336 e. The number of hydrogen-bond donors (Lipinski definition) is 0. The van der Waals surface area contributed by atoms with E-state index in [-0.39, 0.29) is 6.10 Å². The van der Waals surface area contributed by atoms with E-state index in [2.05, 4.69) is 0 Å². The number of esters is 1. The van der Waals surface area contributed by atoms with E-state index in [4.69, 9.17) is 23.4 Å². The van der Waals surface area contributed by atoms with Crippen molar-refractivity contribution in [2.45, 2.75) is 37.9 Å². The highest BCUT2D eigenvalue weighted by atomic mass is 16.8. The van der Waals surface area contributed by atoms with Crippen LogP contribution in [0.1, 0.15) is 25.5 Å². The lowest BCUT2D eigenvalue weighted by Gasteiger charge is -2.21. The van der Waals surface area contributed by atoms with E-state index in [1.54, 1.807) is 12.1 Å². The first-order valence-corrected chi connectivity index (χ1v) is 7.54. The average molecular weight is 332 g/mol. The van der Waals surface area contributed by atoms with Gasteiger partial charge in [0, 0.05) is 30.0 Å². The number of methoxy groups -OCH3 is 1. The molecule has 0 unspecified atom stereocenters. The number of carbonyl (C=O) groups is 1. The van der Waals surface area contributed by atoms with Gasteiger partial charge in [-0.15, -0.1) is 0 Å². The molecule has 2 fully saturated rings. The third kappa shape index (κ3) is 2.20. The van der Waals surface area contributed by atoms with Crippen molar-refractivity contribution in [1.82, 2.24) is 0 Å². The first-order valence-electron chi connectivity index (χ1n) is 7.54. The third-order valence-corrected chi connectivity index (χ3v) is 4.45. The molecule has 3 heterocycles. The van der Waals surface area contributed by atoms with Crippen molar-refractivity contribution >= 4 is 16.9 Å². The fourth-order valence-electron chi connectivity index (χ4n) is 3.18. The lowest BCUT2D eigenvalue weighted by Crippen LogP contribution is -2.30. The van der Waals surface area contributed by atoms with Gasteiger partial charge >= 0.3 is 11.6 Å². The van der Waals surface area contributed by atoms with Gasteiger partial charge in [0.25, 0.3) is 0 Å². The number of ether oxygens (including phenoxy) is 4. The molecule has 4 atom stereocenters. The van der Waals surface area contributed by atoms with Crippen LogP contribution in [0.25, 0.3) is 11.0 Å². The van der Waals surface area contributed by atoms with Crippen LogP contribution in [-0.2, 0) is 19.0 Å². The van der Waals surface area contributed by atoms with Crippen molar-refractivity contribution in [2.75, 3.05) is 7.11 Å². The van der Waals surface area contributed by atoms with Crippen LogP contribution < -0.4 is 10.4 Å². The van der Waals surface area contributed by atoms with Gasteiger partial charge in [-0.05, 0) is 19.1 Å². The topological polar surface area (TPSA) is 87.5 Å². The largest absolute Gasteiger partial charge is 0.496 e. The second-order valence-electron chi connectivity index (χ2n) is 6.11. The number of hydrogen-bond acceptors (Lipinski definition) is 7. The van der Waals surface area contributed by atoms with Crippen LogP contribution in [0.2, 0.25) is 0 Å². The van der Waals surface area contributed by atoms with Gasteiger partial charge in [-0.2, -0.15) is 0 Å². The van der Waals surface area contributed by atoms with E-state index < -0.39 is 29.6 Å². The molecular formula is C17H16O7. The fourth-order valence-corrected chi connectivity index (χ4v) is 3.18. The standard InChI is InChI=1S/C17H16O7/c1-8(18)21-16-17(2)15(24-17)14(23-16)10-6-9-4-5-13(19)22-11(9)7-12(10)20-3/h4-7,14-16H,1-3H3/t14-,15-,16+,17-/m0/s1. The Labute approximate surface area is 137 Å². The molecule has 2 aliphatic heterocycles. The monoisotopic (exact) mass is 332 g/mol. The molecule has 0 aliphatic carbocycles. The van der Waals surface area contributed by atoms with Gasteiger partial charge in [-0.1, -0.05) is 0 Å². The Kier molecular flexibility index (Phi) is 3.20. The molecule has 2 aliphatic rings. The zero-order valence-electron chi connectivity index (χ0n) is 13.4. The second-order valence-corrected chi connectivity index (χ2v) is 6.11. The summed E-state index contributed by atoms with van der Waals surface area (Å²) in [5.41, 5.74) is 0.0984. The van der Waals surface area contributed by atoms with Crippen LogP contribution in [-0.4, -0.2) is 31.1 Å². The van der Waals surface area contributed by atoms with Crippen LogP contribution in [0, 0.1) is 0 Å². The van der Waals surface area contributed by atoms with Crippen LogP contribution in [0.3, 0.4) is 0 Å². The molecule has 0 N–H and O–H groups in total. The summed E-state index contributed by atoms with van der Waals surface area (Å²) in [7, 11) is 1.52. The number of benzene rings is 1. The molecule has 2 aromatic rings. The molecule has 7 nitrogen and oxygen atoms in total. The predicted molar refractivity (Wildman–Crippen MR) is 81.7 cm³/mol. The highest BCUT2D eigenvalue weighted by Crippen LogP contribution is 2.57. The van der Waals surface area contributed by atoms with Gasteiger partial charge in [0.1, 0.15) is 23.5 Å². The Morgan fingerprint density at radius 1 is 1.29 bits per heavy atom. The Balaban J connectivity index is 1.75. The first-order chi connectivity index (χ1) is 11.4. The second kappa shape index (κ2) is 5.06. The van der Waals surface area contributed by atoms with E-state index >= 15 is 0 Å². The lowest BCUT2D eigenvalue weighted by atomic mass is 9.99. The molecule has 0 radical (unpaired) electrons. The molecule has 126 valence electrons. The summed E-state index contributed by atoms with van der Waals surface area (Å²) in [6, 6.07) is 6.51. The highest BCUT2D eigenvalue weighted by molar-refractivity contribution is 5.79. The van der Waals surface area contributed by atoms with Crippen molar-refractivity contribution < 1.29 is 28.2 Å². The van der Waals surface area contributed by atoms with E-state index in [0.29, 0.717) is 11.3 Å². The van der Waals surface area contributed by atoms with Crippen molar-refractivity contribution in [1.29, 1.82) is 0 Å². The van der Waals surface area contributed by atoms with Gasteiger partial charge in [-0.25, -0.2) is 4.79 Å². The van der Waals surface area contributed by atoms with E-state index in [0.717, 1.165) is 10.9 Å². The highest BCUT2D eigenvalue weighted by Gasteiger charge is 2.70. The molecule has 7 heteroatoms. The maximum Gasteiger partial charge on any atom is 0.336 e. The molecule has 0 saturated carbocycles. The summed E-state index contributed by atoms with van der Waals surface area (Å²) < 4.78 is 27.4. The van der Waals surface area contributed by atoms with Crippen molar-refractivity contribution in [3.8, 4) is 5.75 Å². The SMILES string of the molecule is COc1cc2oc(=O)ccc2cc1[C@@H]1O[C@@H](OC(C)=O)[C@@]2(C)O[C@@H]12. The van der Waals surface area contributed by atoms with Crippen molar-refractivity contribution in [3.63, 3.8) is 0 Å². The van der Waals surface area contributed by atoms with Gasteiger partial charge in [-0.3, -0.25) is 4.79 Å². The number of fused-ring (bicyclic) bond motifs is 2. The number of epoxide rings is 1. The van der Waals surface area contributed by atoms with Gasteiger partial charge < -0.3 is 23.4 Å². The molecule has 1 aromatic heterocycles.